The summed E-state index contributed by atoms with van der Waals surface area (Å²) in [6.45, 7) is 6.25. The van der Waals surface area contributed by atoms with Crippen molar-refractivity contribution >= 4 is 160 Å². The van der Waals surface area contributed by atoms with Gasteiger partial charge in [-0.25, -0.2) is 0 Å². The molecule has 0 amide bonds. The van der Waals surface area contributed by atoms with Crippen LogP contribution in [0, 0.1) is 21.4 Å². The van der Waals surface area contributed by atoms with Crippen molar-refractivity contribution in [3.8, 4) is 34.5 Å². The van der Waals surface area contributed by atoms with Crippen LogP contribution >= 0.6 is 147 Å². The van der Waals surface area contributed by atoms with E-state index in [1.54, 1.807) is 36.4 Å². The zero-order valence-corrected chi connectivity index (χ0v) is 44.5. The van der Waals surface area contributed by atoms with Gasteiger partial charge in [0.25, 0.3) is 0 Å². The molecule has 0 fully saturated rings. The van der Waals surface area contributed by atoms with Gasteiger partial charge in [0.2, 0.25) is 0 Å². The summed E-state index contributed by atoms with van der Waals surface area (Å²) in [6, 6.07) is 16.6. The smallest absolute Gasteiger partial charge is 0.548 e. The van der Waals surface area contributed by atoms with Gasteiger partial charge in [-0.05, 0) is 220 Å². The second-order valence-electron chi connectivity index (χ2n) is 11.6. The average molecular weight is 1420 g/mol. The molecule has 272 valence electrons. The van der Waals surface area contributed by atoms with Gasteiger partial charge in [-0.2, -0.15) is 11.1 Å². The number of aliphatic hydroxyl groups excluding tert-OH is 1. The van der Waals surface area contributed by atoms with E-state index in [0.717, 1.165) is 34.7 Å². The van der Waals surface area contributed by atoms with Gasteiger partial charge in [0.15, 0.2) is 11.5 Å². The molecule has 0 saturated heterocycles. The Morgan fingerprint density at radius 1 is 0.725 bits per heavy atom. The van der Waals surface area contributed by atoms with Crippen LogP contribution in [0.25, 0.3) is 0 Å². The van der Waals surface area contributed by atoms with Crippen molar-refractivity contribution in [2.24, 2.45) is 11.5 Å². The number of phenols is 2. The number of carbonyl (C=O) groups is 1. The van der Waals surface area contributed by atoms with Crippen molar-refractivity contribution < 1.29 is 64.3 Å². The van der Waals surface area contributed by atoms with E-state index in [1.165, 1.54) is 0 Å². The number of hydrogen-bond acceptors (Lipinski definition) is 9. The molecule has 4 aromatic carbocycles. The Labute approximate surface area is 408 Å². The van der Waals surface area contributed by atoms with E-state index in [9.17, 15) is 20.1 Å². The van der Waals surface area contributed by atoms with E-state index in [4.69, 9.17) is 37.1 Å². The fraction of sp³-hybridized carbons (Fsp3) is 0.242. The third kappa shape index (κ3) is 18.9. The summed E-state index contributed by atoms with van der Waals surface area (Å²) in [4.78, 5) is 10.8. The van der Waals surface area contributed by atoms with Crippen LogP contribution in [0.15, 0.2) is 60.7 Å². The number of halogens is 7. The maximum absolute atomic E-state index is 10.8. The molecule has 2 atom stereocenters. The Bertz CT molecular complexity index is 1740. The fourth-order valence-corrected chi connectivity index (χ4v) is 8.91. The van der Waals surface area contributed by atoms with E-state index >= 15 is 0 Å². The molecule has 9 nitrogen and oxygen atoms in total. The van der Waals surface area contributed by atoms with Crippen molar-refractivity contribution in [1.82, 2.24) is 0 Å². The normalized spacial score (nSPS) is 11.9. The molecular weight excluding hydrogens is 1380 g/mol. The SMILES string of the molecule is C[Si](C)(C)Cl.N[C@@H](Cc1cc(I)c(Oc2ccc(O)c(I)c2)c(I)c1)C(=O)[O-].N[C@H](CO)Cc1cc(I)c(Oc2ccc(O)c(I)c2)c(I)c1.[Na+]. The van der Waals surface area contributed by atoms with Gasteiger partial charge >= 0.3 is 29.6 Å². The van der Waals surface area contributed by atoms with Crippen molar-refractivity contribution in [1.29, 1.82) is 0 Å². The molecular formula is C33H34ClI6N2NaO7Si. The minimum Gasteiger partial charge on any atom is -0.548 e. The van der Waals surface area contributed by atoms with Crippen molar-refractivity contribution in [2.75, 3.05) is 6.61 Å². The van der Waals surface area contributed by atoms with Crippen LogP contribution in [-0.2, 0) is 17.6 Å². The minimum absolute atomic E-state index is 0. The third-order valence-corrected chi connectivity index (χ3v) is 10.8. The number of phenolic OH excluding ortho intramolecular Hbond substituents is 2. The Balaban J connectivity index is 0.000000443. The number of rotatable bonds is 10. The molecule has 0 radical (unpaired) electrons. The fourth-order valence-electron chi connectivity index (χ4n) is 3.70. The van der Waals surface area contributed by atoms with Gasteiger partial charge < -0.3 is 46.2 Å². The maximum atomic E-state index is 10.8. The van der Waals surface area contributed by atoms with Gasteiger partial charge in [-0.15, -0.1) is 0 Å². The van der Waals surface area contributed by atoms with Crippen molar-refractivity contribution in [3.05, 3.63) is 93.2 Å². The van der Waals surface area contributed by atoms with E-state index in [2.05, 4.69) is 133 Å². The van der Waals surface area contributed by atoms with E-state index in [1.807, 2.05) is 46.9 Å². The van der Waals surface area contributed by atoms with Crippen molar-refractivity contribution in [3.63, 3.8) is 0 Å². The first-order chi connectivity index (χ1) is 23.2. The molecule has 18 heteroatoms. The molecule has 0 heterocycles. The van der Waals surface area contributed by atoms with E-state index in [0.29, 0.717) is 27.2 Å². The quantitative estimate of drug-likeness (QED) is 0.0778. The first-order valence-corrected chi connectivity index (χ1v) is 25.5. The Hall–Kier alpha value is 1.32. The standard InChI is InChI=1S/C15H12I3NO4.C15H14I3NO3.C3H9ClSi.Na/c16-9-6-8(1-2-13(9)20)23-14-10(17)3-7(4-11(14)18)5-12(19)15(21)22;16-11-6-10(1-2-14(11)21)22-15-12(17)4-8(5-13(15)18)3-9(19)7-20;1-5(2,3)4;/h1-4,6,12,20H,5,19H2,(H,21,22);1-2,4-6,9,20-21H,3,7,19H2;1-3H3;/q;;;+1/p-1/t12-;9-;;/m00../s1. The largest absolute Gasteiger partial charge is 1.00 e. The molecule has 0 aliphatic heterocycles. The van der Waals surface area contributed by atoms with E-state index in [-0.39, 0.29) is 60.1 Å². The maximum Gasteiger partial charge on any atom is 1.00 e. The number of carboxylic acids is 1. The van der Waals surface area contributed by atoms with Crippen LogP contribution in [0.5, 0.6) is 34.5 Å². The summed E-state index contributed by atoms with van der Waals surface area (Å²) in [5.41, 5.74) is 13.2. The number of carboxylic acid groups (broad SMARTS) is 1. The number of benzene rings is 4. The zero-order valence-electron chi connectivity index (χ0n) is 27.8. The van der Waals surface area contributed by atoms with Gasteiger partial charge in [0.1, 0.15) is 30.4 Å². The molecule has 0 spiro atoms. The Morgan fingerprint density at radius 3 is 1.35 bits per heavy atom. The summed E-state index contributed by atoms with van der Waals surface area (Å²) >= 11 is 18.5. The van der Waals surface area contributed by atoms with Gasteiger partial charge in [-0.1, -0.05) is 19.6 Å². The molecule has 4 aromatic rings. The zero-order chi connectivity index (χ0) is 37.9. The molecule has 0 saturated carbocycles. The molecule has 0 bridgehead atoms. The Kier molecular flexibility index (Phi) is 23.9. The second kappa shape index (κ2) is 24.2. The predicted molar refractivity (Wildman–Crippen MR) is 250 cm³/mol. The topological polar surface area (TPSA) is 171 Å². The monoisotopic (exact) mass is 1420 g/mol. The molecule has 0 aliphatic carbocycles. The number of aromatic hydroxyl groups is 2. The van der Waals surface area contributed by atoms with Gasteiger partial charge in [0.05, 0.1) is 34.0 Å². The van der Waals surface area contributed by atoms with Crippen LogP contribution in [0.3, 0.4) is 0 Å². The molecule has 4 rings (SSSR count). The number of aliphatic carboxylic acids is 1. The van der Waals surface area contributed by atoms with Crippen LogP contribution in [0.1, 0.15) is 11.1 Å². The summed E-state index contributed by atoms with van der Waals surface area (Å²) in [6.07, 6.45) is 0.825. The first kappa shape index (κ1) is 50.3. The molecule has 7 N–H and O–H groups in total. The van der Waals surface area contributed by atoms with Gasteiger partial charge in [0, 0.05) is 12.1 Å². The molecule has 0 aliphatic rings. The minimum atomic E-state index is -1.27. The number of ether oxygens (including phenoxy) is 2. The molecule has 51 heavy (non-hydrogen) atoms. The summed E-state index contributed by atoms with van der Waals surface area (Å²) in [7, 11) is -1.14. The second-order valence-corrected chi connectivity index (χ2v) is 26.1. The predicted octanol–water partition coefficient (Wildman–Crippen LogP) is 5.54. The number of hydrogen-bond donors (Lipinski definition) is 5. The van der Waals surface area contributed by atoms with Crippen LogP contribution in [-0.4, -0.2) is 47.4 Å². The average Bonchev–Trinajstić information content (AvgIpc) is 2.99. The van der Waals surface area contributed by atoms with Crippen molar-refractivity contribution in [2.45, 2.75) is 44.6 Å². The summed E-state index contributed by atoms with van der Waals surface area (Å²) < 4.78 is 16.9. The summed E-state index contributed by atoms with van der Waals surface area (Å²) in [5.74, 6) is 1.93. The van der Waals surface area contributed by atoms with Crippen LogP contribution in [0.4, 0.5) is 0 Å². The van der Waals surface area contributed by atoms with Gasteiger partial charge in [-0.3, -0.25) is 0 Å². The number of aliphatic hydroxyl groups is 1. The first-order valence-electron chi connectivity index (χ1n) is 14.5. The Morgan fingerprint density at radius 2 is 1.06 bits per heavy atom. The number of carbonyl (C=O) groups excluding carboxylic acids is 1. The van der Waals surface area contributed by atoms with Crippen LogP contribution in [0.2, 0.25) is 19.6 Å². The number of nitrogens with two attached hydrogens (primary N) is 2. The summed E-state index contributed by atoms with van der Waals surface area (Å²) in [5, 5.41) is 38.9. The third-order valence-electron chi connectivity index (χ3n) is 5.89. The van der Waals surface area contributed by atoms with E-state index < -0.39 is 19.4 Å². The molecule has 0 unspecified atom stereocenters. The molecule has 0 aromatic heterocycles. The van der Waals surface area contributed by atoms with Crippen LogP contribution < -0.4 is 55.6 Å².